The third kappa shape index (κ3) is 4.64. The van der Waals surface area contributed by atoms with Gasteiger partial charge in [0.05, 0.1) is 6.54 Å². The lowest BCUT2D eigenvalue weighted by Crippen LogP contribution is -2.49. The summed E-state index contributed by atoms with van der Waals surface area (Å²) in [6, 6.07) is 13.7. The highest BCUT2D eigenvalue weighted by molar-refractivity contribution is 5.97. The fourth-order valence-corrected chi connectivity index (χ4v) is 2.71. The Labute approximate surface area is 145 Å². The molecular formula is C19H20FN3O2. The number of benzene rings is 2. The quantitative estimate of drug-likeness (QED) is 0.870. The number of hydrogen-bond acceptors (Lipinski definition) is 3. The van der Waals surface area contributed by atoms with Crippen LogP contribution in [0, 0.1) is 5.82 Å². The minimum absolute atomic E-state index is 0.111. The van der Waals surface area contributed by atoms with Crippen LogP contribution in [0.15, 0.2) is 48.5 Å². The van der Waals surface area contributed by atoms with Crippen LogP contribution >= 0.6 is 0 Å². The molecule has 2 aromatic rings. The van der Waals surface area contributed by atoms with Gasteiger partial charge in [0.1, 0.15) is 5.82 Å². The summed E-state index contributed by atoms with van der Waals surface area (Å²) in [5.41, 5.74) is 2.64. The van der Waals surface area contributed by atoms with Crippen LogP contribution in [0.2, 0.25) is 0 Å². The number of rotatable bonds is 5. The van der Waals surface area contributed by atoms with Crippen molar-refractivity contribution in [3.05, 3.63) is 71.0 Å². The SMILES string of the molecule is O=C1CN(C(=O)c2ccc(CNCc3ccc(F)cc3)cc2)CCN1. The Balaban J connectivity index is 1.52. The summed E-state index contributed by atoms with van der Waals surface area (Å²) in [5.74, 6) is -0.489. The van der Waals surface area contributed by atoms with Crippen molar-refractivity contribution in [1.82, 2.24) is 15.5 Å². The van der Waals surface area contributed by atoms with Crippen LogP contribution in [0.5, 0.6) is 0 Å². The van der Waals surface area contributed by atoms with E-state index in [9.17, 15) is 14.0 Å². The molecule has 25 heavy (non-hydrogen) atoms. The Bertz CT molecular complexity index is 744. The Morgan fingerprint density at radius 3 is 2.24 bits per heavy atom. The van der Waals surface area contributed by atoms with Crippen LogP contribution in [-0.2, 0) is 17.9 Å². The van der Waals surface area contributed by atoms with Crippen molar-refractivity contribution in [1.29, 1.82) is 0 Å². The van der Waals surface area contributed by atoms with Crippen LogP contribution in [-0.4, -0.2) is 36.3 Å². The average molecular weight is 341 g/mol. The third-order valence-corrected chi connectivity index (χ3v) is 4.10. The summed E-state index contributed by atoms with van der Waals surface area (Å²) in [6.45, 7) is 2.43. The number of nitrogens with zero attached hydrogens (tertiary/aromatic N) is 1. The van der Waals surface area contributed by atoms with Crippen molar-refractivity contribution in [2.75, 3.05) is 19.6 Å². The zero-order valence-corrected chi connectivity index (χ0v) is 13.8. The van der Waals surface area contributed by atoms with Gasteiger partial charge in [-0.2, -0.15) is 0 Å². The molecule has 5 nitrogen and oxygen atoms in total. The van der Waals surface area contributed by atoms with E-state index >= 15 is 0 Å². The van der Waals surface area contributed by atoms with E-state index in [1.807, 2.05) is 12.1 Å². The van der Waals surface area contributed by atoms with Crippen LogP contribution in [0.4, 0.5) is 4.39 Å². The minimum atomic E-state index is -0.241. The van der Waals surface area contributed by atoms with E-state index in [0.29, 0.717) is 31.7 Å². The number of halogens is 1. The van der Waals surface area contributed by atoms with E-state index in [-0.39, 0.29) is 24.2 Å². The smallest absolute Gasteiger partial charge is 0.254 e. The van der Waals surface area contributed by atoms with Gasteiger partial charge in [0.25, 0.3) is 5.91 Å². The number of amides is 2. The second-order valence-corrected chi connectivity index (χ2v) is 6.00. The molecule has 1 aliphatic heterocycles. The molecule has 1 heterocycles. The summed E-state index contributed by atoms with van der Waals surface area (Å²) in [4.78, 5) is 25.3. The van der Waals surface area contributed by atoms with Crippen LogP contribution < -0.4 is 10.6 Å². The molecule has 1 fully saturated rings. The third-order valence-electron chi connectivity index (χ3n) is 4.10. The zero-order chi connectivity index (χ0) is 17.6. The lowest BCUT2D eigenvalue weighted by atomic mass is 10.1. The zero-order valence-electron chi connectivity index (χ0n) is 13.8. The molecule has 2 N–H and O–H groups in total. The van der Waals surface area contributed by atoms with Crippen molar-refractivity contribution in [2.45, 2.75) is 13.1 Å². The Hall–Kier alpha value is -2.73. The molecule has 1 aliphatic rings. The molecule has 1 saturated heterocycles. The summed E-state index contributed by atoms with van der Waals surface area (Å²) in [7, 11) is 0. The molecule has 6 heteroatoms. The number of carbonyl (C=O) groups excluding carboxylic acids is 2. The highest BCUT2D eigenvalue weighted by atomic mass is 19.1. The van der Waals surface area contributed by atoms with Gasteiger partial charge in [-0.25, -0.2) is 4.39 Å². The molecule has 0 saturated carbocycles. The van der Waals surface area contributed by atoms with Crippen LogP contribution in [0.1, 0.15) is 21.5 Å². The van der Waals surface area contributed by atoms with Crippen molar-refractivity contribution >= 4 is 11.8 Å². The molecule has 2 aromatic carbocycles. The van der Waals surface area contributed by atoms with Crippen LogP contribution in [0.25, 0.3) is 0 Å². The predicted molar refractivity (Wildman–Crippen MR) is 92.3 cm³/mol. The molecule has 0 spiro atoms. The van der Waals surface area contributed by atoms with E-state index in [1.165, 1.54) is 12.1 Å². The number of hydrogen-bond donors (Lipinski definition) is 2. The summed E-state index contributed by atoms with van der Waals surface area (Å²) in [6.07, 6.45) is 0. The molecule has 0 radical (unpaired) electrons. The molecule has 3 rings (SSSR count). The first-order valence-corrected chi connectivity index (χ1v) is 8.22. The number of piperazine rings is 1. The summed E-state index contributed by atoms with van der Waals surface area (Å²) >= 11 is 0. The fraction of sp³-hybridized carbons (Fsp3) is 0.263. The van der Waals surface area contributed by atoms with Gasteiger partial charge in [-0.05, 0) is 35.4 Å². The second kappa shape index (κ2) is 7.90. The lowest BCUT2D eigenvalue weighted by molar-refractivity contribution is -0.123. The maximum atomic E-state index is 12.9. The first-order valence-electron chi connectivity index (χ1n) is 8.22. The molecule has 0 unspecified atom stereocenters. The Morgan fingerprint density at radius 1 is 1.04 bits per heavy atom. The molecule has 0 atom stereocenters. The van der Waals surface area contributed by atoms with E-state index in [1.54, 1.807) is 29.2 Å². The fourth-order valence-electron chi connectivity index (χ4n) is 2.71. The molecular weight excluding hydrogens is 321 g/mol. The van der Waals surface area contributed by atoms with Crippen molar-refractivity contribution < 1.29 is 14.0 Å². The number of nitrogens with one attached hydrogen (secondary N) is 2. The van der Waals surface area contributed by atoms with Gasteiger partial charge in [0.2, 0.25) is 5.91 Å². The first kappa shape index (κ1) is 17.1. The minimum Gasteiger partial charge on any atom is -0.353 e. The van der Waals surface area contributed by atoms with Crippen molar-refractivity contribution in [3.8, 4) is 0 Å². The predicted octanol–water partition coefficient (Wildman–Crippen LogP) is 1.69. The largest absolute Gasteiger partial charge is 0.353 e. The average Bonchev–Trinajstić information content (AvgIpc) is 2.63. The number of carbonyl (C=O) groups is 2. The van der Waals surface area contributed by atoms with Gasteiger partial charge in [-0.1, -0.05) is 24.3 Å². The van der Waals surface area contributed by atoms with E-state index < -0.39 is 0 Å². The molecule has 2 amide bonds. The molecule has 0 aromatic heterocycles. The van der Waals surface area contributed by atoms with E-state index in [4.69, 9.17) is 0 Å². The lowest BCUT2D eigenvalue weighted by Gasteiger charge is -2.26. The standard InChI is InChI=1S/C19H20FN3O2/c20-17-7-3-15(4-8-17)12-21-11-14-1-5-16(6-2-14)19(25)23-10-9-22-18(24)13-23/h1-8,21H,9-13H2,(H,22,24). The van der Waals surface area contributed by atoms with E-state index in [2.05, 4.69) is 10.6 Å². The topological polar surface area (TPSA) is 61.4 Å². The van der Waals surface area contributed by atoms with Crippen molar-refractivity contribution in [3.63, 3.8) is 0 Å². The monoisotopic (exact) mass is 341 g/mol. The summed E-state index contributed by atoms with van der Waals surface area (Å²) in [5, 5.41) is 5.99. The van der Waals surface area contributed by atoms with Gasteiger partial charge in [0, 0.05) is 31.7 Å². The van der Waals surface area contributed by atoms with Gasteiger partial charge in [-0.3, -0.25) is 9.59 Å². The van der Waals surface area contributed by atoms with E-state index in [0.717, 1.165) is 11.1 Å². The highest BCUT2D eigenvalue weighted by Crippen LogP contribution is 2.09. The maximum Gasteiger partial charge on any atom is 0.254 e. The normalized spacial score (nSPS) is 14.3. The van der Waals surface area contributed by atoms with Gasteiger partial charge >= 0.3 is 0 Å². The van der Waals surface area contributed by atoms with Gasteiger partial charge in [-0.15, -0.1) is 0 Å². The molecule has 0 aliphatic carbocycles. The highest BCUT2D eigenvalue weighted by Gasteiger charge is 2.21. The van der Waals surface area contributed by atoms with Gasteiger partial charge < -0.3 is 15.5 Å². The Morgan fingerprint density at radius 2 is 1.64 bits per heavy atom. The summed E-state index contributed by atoms with van der Waals surface area (Å²) < 4.78 is 12.9. The van der Waals surface area contributed by atoms with Crippen LogP contribution in [0.3, 0.4) is 0 Å². The molecule has 0 bridgehead atoms. The second-order valence-electron chi connectivity index (χ2n) is 6.00. The van der Waals surface area contributed by atoms with Gasteiger partial charge in [0.15, 0.2) is 0 Å². The molecule has 130 valence electrons. The Kier molecular flexibility index (Phi) is 5.40. The first-order chi connectivity index (χ1) is 12.1. The maximum absolute atomic E-state index is 12.9. The van der Waals surface area contributed by atoms with Crippen molar-refractivity contribution in [2.24, 2.45) is 0 Å².